The fourth-order valence-electron chi connectivity index (χ4n) is 4.32. The van der Waals surface area contributed by atoms with Gasteiger partial charge in [0.05, 0.1) is 47.9 Å². The molecule has 1 aliphatic heterocycles. The predicted octanol–water partition coefficient (Wildman–Crippen LogP) is 3.59. The summed E-state index contributed by atoms with van der Waals surface area (Å²) in [4.78, 5) is 26.9. The van der Waals surface area contributed by atoms with Crippen molar-refractivity contribution in [2.75, 3.05) is 19.8 Å². The molecule has 4 aromatic rings. The van der Waals surface area contributed by atoms with E-state index >= 15 is 0 Å². The third-order valence-corrected chi connectivity index (χ3v) is 6.36. The third kappa shape index (κ3) is 3.53. The molecule has 1 aromatic carbocycles. The van der Waals surface area contributed by atoms with Crippen molar-refractivity contribution in [1.82, 2.24) is 24.1 Å². The first kappa shape index (κ1) is 19.7. The van der Waals surface area contributed by atoms with E-state index in [-0.39, 0.29) is 18.3 Å². The standard InChI is InChI=1S/C23H22ClN5O3/c24-15-1-4-18-17(9-15)22(32-13-14-6-8-31-12-14)27-21(26-18)11-28-20-10-25-7-5-19(20)29(23(28)30)16-2-3-16/h1,4-5,7,9-10,14,16H,2-3,6,8,11-13H2. The largest absolute Gasteiger partial charge is 0.477 e. The molecule has 2 fully saturated rings. The summed E-state index contributed by atoms with van der Waals surface area (Å²) in [5, 5.41) is 1.35. The lowest BCUT2D eigenvalue weighted by molar-refractivity contribution is 0.166. The van der Waals surface area contributed by atoms with Crippen molar-refractivity contribution in [3.05, 3.63) is 58.0 Å². The van der Waals surface area contributed by atoms with Gasteiger partial charge in [0, 0.05) is 29.8 Å². The van der Waals surface area contributed by atoms with Crippen LogP contribution in [0.1, 0.15) is 31.1 Å². The van der Waals surface area contributed by atoms with Crippen molar-refractivity contribution >= 4 is 33.5 Å². The van der Waals surface area contributed by atoms with Gasteiger partial charge in [-0.15, -0.1) is 0 Å². The van der Waals surface area contributed by atoms with E-state index < -0.39 is 0 Å². The molecule has 1 saturated carbocycles. The molecule has 8 nitrogen and oxygen atoms in total. The van der Waals surface area contributed by atoms with Crippen molar-refractivity contribution in [3.8, 4) is 5.88 Å². The van der Waals surface area contributed by atoms with E-state index in [0.717, 1.165) is 47.8 Å². The van der Waals surface area contributed by atoms with E-state index in [1.807, 2.05) is 22.8 Å². The number of hydrogen-bond donors (Lipinski definition) is 0. The second kappa shape index (κ2) is 7.86. The first-order valence-corrected chi connectivity index (χ1v) is 11.3. The maximum Gasteiger partial charge on any atom is 0.329 e. The molecule has 0 N–H and O–H groups in total. The Morgan fingerprint density at radius 1 is 1.16 bits per heavy atom. The normalized spacial score (nSPS) is 18.6. The summed E-state index contributed by atoms with van der Waals surface area (Å²) in [6.07, 6.45) is 6.47. The smallest absolute Gasteiger partial charge is 0.329 e. The van der Waals surface area contributed by atoms with Gasteiger partial charge in [-0.25, -0.2) is 9.78 Å². The van der Waals surface area contributed by atoms with E-state index in [1.54, 1.807) is 23.0 Å². The highest BCUT2D eigenvalue weighted by molar-refractivity contribution is 6.31. The van der Waals surface area contributed by atoms with Crippen LogP contribution in [-0.2, 0) is 11.3 Å². The van der Waals surface area contributed by atoms with Gasteiger partial charge in [0.25, 0.3) is 0 Å². The van der Waals surface area contributed by atoms with Gasteiger partial charge in [-0.3, -0.25) is 14.1 Å². The zero-order valence-corrected chi connectivity index (χ0v) is 18.2. The Morgan fingerprint density at radius 2 is 2.06 bits per heavy atom. The molecular formula is C23H22ClN5O3. The van der Waals surface area contributed by atoms with Gasteiger partial charge >= 0.3 is 5.69 Å². The summed E-state index contributed by atoms with van der Waals surface area (Å²) in [5.74, 6) is 1.34. The maximum absolute atomic E-state index is 13.2. The number of benzene rings is 1. The minimum absolute atomic E-state index is 0.0547. The van der Waals surface area contributed by atoms with Gasteiger partial charge in [-0.2, -0.15) is 4.98 Å². The van der Waals surface area contributed by atoms with Crippen molar-refractivity contribution in [1.29, 1.82) is 0 Å². The van der Waals surface area contributed by atoms with Gasteiger partial charge in [-0.1, -0.05) is 11.6 Å². The van der Waals surface area contributed by atoms with E-state index in [1.165, 1.54) is 0 Å². The minimum atomic E-state index is -0.0547. The molecule has 4 heterocycles. The molecule has 0 radical (unpaired) electrons. The number of pyridine rings is 1. The number of rotatable bonds is 6. The van der Waals surface area contributed by atoms with Gasteiger partial charge in [0.15, 0.2) is 5.82 Å². The highest BCUT2D eigenvalue weighted by Gasteiger charge is 2.29. The molecule has 1 atom stereocenters. The van der Waals surface area contributed by atoms with Gasteiger partial charge < -0.3 is 9.47 Å². The highest BCUT2D eigenvalue weighted by atomic mass is 35.5. The first-order valence-electron chi connectivity index (χ1n) is 10.9. The number of fused-ring (bicyclic) bond motifs is 2. The third-order valence-electron chi connectivity index (χ3n) is 6.13. The van der Waals surface area contributed by atoms with Gasteiger partial charge in [-0.05, 0) is 43.5 Å². The number of hydrogen-bond acceptors (Lipinski definition) is 6. The lowest BCUT2D eigenvalue weighted by Crippen LogP contribution is -2.25. The molecule has 2 aliphatic rings. The molecule has 6 rings (SSSR count). The molecule has 1 unspecified atom stereocenters. The summed E-state index contributed by atoms with van der Waals surface area (Å²) in [6.45, 7) is 2.21. The Balaban J connectivity index is 1.41. The first-order chi connectivity index (χ1) is 15.7. The van der Waals surface area contributed by atoms with Gasteiger partial charge in [0.1, 0.15) is 0 Å². The Hall–Kier alpha value is -2.97. The molecule has 1 saturated heterocycles. The molecule has 1 aliphatic carbocycles. The van der Waals surface area contributed by atoms with Crippen molar-refractivity contribution in [2.24, 2.45) is 5.92 Å². The summed E-state index contributed by atoms with van der Waals surface area (Å²) in [5.41, 5.74) is 2.36. The average molecular weight is 452 g/mol. The molecule has 0 bridgehead atoms. The van der Waals surface area contributed by atoms with Crippen LogP contribution in [0.5, 0.6) is 5.88 Å². The summed E-state index contributed by atoms with van der Waals surface area (Å²) in [7, 11) is 0. The summed E-state index contributed by atoms with van der Waals surface area (Å²) in [6, 6.07) is 7.63. The molecule has 9 heteroatoms. The Labute approximate surface area is 188 Å². The zero-order valence-electron chi connectivity index (χ0n) is 17.4. The maximum atomic E-state index is 13.2. The van der Waals surface area contributed by atoms with Crippen LogP contribution >= 0.6 is 11.6 Å². The second-order valence-electron chi connectivity index (χ2n) is 8.48. The number of halogens is 1. The zero-order chi connectivity index (χ0) is 21.7. The van der Waals surface area contributed by atoms with Crippen LogP contribution in [0.2, 0.25) is 5.02 Å². The van der Waals surface area contributed by atoms with Crippen LogP contribution in [0, 0.1) is 5.92 Å². The fourth-order valence-corrected chi connectivity index (χ4v) is 4.49. The lowest BCUT2D eigenvalue weighted by atomic mass is 10.1. The summed E-state index contributed by atoms with van der Waals surface area (Å²) >= 11 is 6.23. The highest BCUT2D eigenvalue weighted by Crippen LogP contribution is 2.36. The SMILES string of the molecule is O=c1n(Cc2nc(OCC3CCOC3)c3cc(Cl)ccc3n2)c2cnccc2n1C1CC1. The molecule has 164 valence electrons. The van der Waals surface area contributed by atoms with E-state index in [2.05, 4.69) is 4.98 Å². The second-order valence-corrected chi connectivity index (χ2v) is 8.92. The van der Waals surface area contributed by atoms with E-state index in [4.69, 9.17) is 31.0 Å². The van der Waals surface area contributed by atoms with Crippen LogP contribution in [0.4, 0.5) is 0 Å². The lowest BCUT2D eigenvalue weighted by Gasteiger charge is -2.13. The molecule has 0 amide bonds. The van der Waals surface area contributed by atoms with Crippen LogP contribution in [0.25, 0.3) is 21.9 Å². The Morgan fingerprint density at radius 3 is 2.88 bits per heavy atom. The Bertz CT molecular complexity index is 1370. The van der Waals surface area contributed by atoms with Crippen molar-refractivity contribution in [3.63, 3.8) is 0 Å². The van der Waals surface area contributed by atoms with E-state index in [0.29, 0.717) is 35.9 Å². The quantitative estimate of drug-likeness (QED) is 0.445. The van der Waals surface area contributed by atoms with Crippen molar-refractivity contribution in [2.45, 2.75) is 31.8 Å². The number of nitrogens with zero attached hydrogens (tertiary/aromatic N) is 5. The topological polar surface area (TPSA) is 84.1 Å². The van der Waals surface area contributed by atoms with Crippen LogP contribution in [-0.4, -0.2) is 43.9 Å². The van der Waals surface area contributed by atoms with Gasteiger partial charge in [0.2, 0.25) is 5.88 Å². The molecule has 0 spiro atoms. The van der Waals surface area contributed by atoms with E-state index in [9.17, 15) is 4.79 Å². The monoisotopic (exact) mass is 451 g/mol. The molecule has 3 aromatic heterocycles. The molecular weight excluding hydrogens is 430 g/mol. The number of ether oxygens (including phenoxy) is 2. The number of aromatic nitrogens is 5. The van der Waals surface area contributed by atoms with Crippen LogP contribution < -0.4 is 10.4 Å². The van der Waals surface area contributed by atoms with Crippen molar-refractivity contribution < 1.29 is 9.47 Å². The molecule has 32 heavy (non-hydrogen) atoms. The van der Waals surface area contributed by atoms with Crippen LogP contribution in [0.15, 0.2) is 41.5 Å². The predicted molar refractivity (Wildman–Crippen MR) is 120 cm³/mol. The number of imidazole rings is 1. The Kier molecular flexibility index (Phi) is 4.84. The minimum Gasteiger partial charge on any atom is -0.477 e. The fraction of sp³-hybridized carbons (Fsp3) is 0.391. The van der Waals surface area contributed by atoms with Crippen LogP contribution in [0.3, 0.4) is 0 Å². The average Bonchev–Trinajstić information content (AvgIpc) is 3.41. The summed E-state index contributed by atoms with van der Waals surface area (Å²) < 4.78 is 15.1.